The minimum Gasteiger partial charge on any atom is -0.396 e. The maximum absolute atomic E-state index is 9.85. The largest absolute Gasteiger partial charge is 0.396 e. The highest BCUT2D eigenvalue weighted by Gasteiger charge is 1.90. The van der Waals surface area contributed by atoms with E-state index in [-0.39, 0.29) is 12.5 Å². The number of aliphatic hydroxyl groups is 1. The maximum Gasteiger partial charge on any atom is 0.317 e. The molecule has 4 nitrogen and oxygen atoms in total. The van der Waals surface area contributed by atoms with Gasteiger partial charge in [0.05, 0.1) is 6.61 Å². The Morgan fingerprint density at radius 2 is 1.92 bits per heavy atom. The lowest BCUT2D eigenvalue weighted by atomic mass is 10.4. The lowest BCUT2D eigenvalue weighted by molar-refractivity contribution is 0.317. The first-order chi connectivity index (χ1) is 6.18. The van der Waals surface area contributed by atoms with Crippen LogP contribution in [-0.2, 0) is 9.09 Å². The third-order valence-corrected chi connectivity index (χ3v) is 2.36. The molecule has 1 atom stereocenters. The number of rotatable bonds is 6. The van der Waals surface area contributed by atoms with E-state index >= 15 is 0 Å². The van der Waals surface area contributed by atoms with Crippen LogP contribution in [0.15, 0.2) is 0 Å². The highest BCUT2D eigenvalue weighted by atomic mass is 32.2. The van der Waals surface area contributed by atoms with Gasteiger partial charge in [0.15, 0.2) is 0 Å². The topological polar surface area (TPSA) is 66.8 Å². The second kappa shape index (κ2) is 15.0. The summed E-state index contributed by atoms with van der Waals surface area (Å²) in [6.07, 6.45) is 2.64. The lowest BCUT2D eigenvalue weighted by Gasteiger charge is -1.96. The van der Waals surface area contributed by atoms with Crippen LogP contribution < -0.4 is 0 Å². The van der Waals surface area contributed by atoms with Crippen LogP contribution in [0.25, 0.3) is 0 Å². The number of unbranched alkanes of at least 4 members (excludes halogenated alkanes) is 1. The Labute approximate surface area is 84.6 Å². The van der Waals surface area contributed by atoms with E-state index < -0.39 is 8.25 Å². The Balaban J connectivity index is 0. The van der Waals surface area contributed by atoms with E-state index in [0.717, 1.165) is 0 Å². The van der Waals surface area contributed by atoms with Crippen molar-refractivity contribution >= 4 is 20.0 Å². The molecule has 6 heteroatoms. The molecule has 0 aromatic carbocycles. The monoisotopic (exact) mass is 230 g/mol. The van der Waals surface area contributed by atoms with E-state index in [2.05, 4.69) is 18.4 Å². The Kier molecular flexibility index (Phi) is 18.3. The molecule has 0 saturated carbocycles. The van der Waals surface area contributed by atoms with Gasteiger partial charge in [-0.1, -0.05) is 26.7 Å². The van der Waals surface area contributed by atoms with Gasteiger partial charge in [0.2, 0.25) is 0 Å². The normalized spacial score (nSPS) is 11.7. The smallest absolute Gasteiger partial charge is 0.317 e. The van der Waals surface area contributed by atoms with Gasteiger partial charge in [-0.05, 0) is 0 Å². The third kappa shape index (κ3) is 24.5. The van der Waals surface area contributed by atoms with Crippen LogP contribution in [0.5, 0.6) is 0 Å². The number of hydrogen-bond acceptors (Lipinski definition) is 4. The van der Waals surface area contributed by atoms with Crippen LogP contribution in [0.1, 0.15) is 26.7 Å². The Morgan fingerprint density at radius 3 is 2.23 bits per heavy atom. The Morgan fingerprint density at radius 1 is 1.38 bits per heavy atom. The first-order valence-corrected chi connectivity index (χ1v) is 6.65. The molecule has 0 aromatic rings. The number of thioether (sulfide) groups is 1. The molecule has 13 heavy (non-hydrogen) atoms. The summed E-state index contributed by atoms with van der Waals surface area (Å²) in [7, 11) is -2.77. The summed E-state index contributed by atoms with van der Waals surface area (Å²) in [5.74, 6) is 0.712. The van der Waals surface area contributed by atoms with Crippen molar-refractivity contribution < 1.29 is 19.1 Å². The highest BCUT2D eigenvalue weighted by Crippen LogP contribution is 2.17. The van der Waals surface area contributed by atoms with Gasteiger partial charge >= 0.3 is 8.25 Å². The molecule has 0 rings (SSSR count). The van der Waals surface area contributed by atoms with Gasteiger partial charge in [-0.2, -0.15) is 0 Å². The summed E-state index contributed by atoms with van der Waals surface area (Å²) in [6.45, 7) is 4.43. The first kappa shape index (κ1) is 15.9. The highest BCUT2D eigenvalue weighted by molar-refractivity contribution is 7.99. The zero-order chi connectivity index (χ0) is 10.5. The molecule has 0 saturated heterocycles. The molecule has 2 N–H and O–H groups in total. The van der Waals surface area contributed by atoms with E-state index in [1.807, 2.05) is 0 Å². The first-order valence-electron chi connectivity index (χ1n) is 4.23. The van der Waals surface area contributed by atoms with Crippen molar-refractivity contribution in [1.29, 1.82) is 0 Å². The van der Waals surface area contributed by atoms with Gasteiger partial charge in [-0.15, -0.1) is 11.8 Å². The third-order valence-electron chi connectivity index (χ3n) is 1.00. The molecule has 0 amide bonds. The van der Waals surface area contributed by atoms with Crippen molar-refractivity contribution in [2.75, 3.05) is 18.3 Å². The molecule has 0 bridgehead atoms. The zero-order valence-corrected chi connectivity index (χ0v) is 9.97. The minimum absolute atomic E-state index is 0.0698. The van der Waals surface area contributed by atoms with E-state index in [9.17, 15) is 4.57 Å². The van der Waals surface area contributed by atoms with Crippen LogP contribution in [0, 0.1) is 0 Å². The average molecular weight is 230 g/mol. The van der Waals surface area contributed by atoms with E-state index in [4.69, 9.17) is 10.00 Å². The zero-order valence-electron chi connectivity index (χ0n) is 8.15. The van der Waals surface area contributed by atoms with Crippen LogP contribution >= 0.6 is 20.0 Å². The molecular formula is C7H19O4PS. The summed E-state index contributed by atoms with van der Waals surface area (Å²) in [5, 5.41) is 8.22. The molecule has 0 aliphatic heterocycles. The molecule has 1 unspecified atom stereocenters. The summed E-state index contributed by atoms with van der Waals surface area (Å²) >= 11 is 1.27. The van der Waals surface area contributed by atoms with Crippen molar-refractivity contribution in [1.82, 2.24) is 0 Å². The predicted octanol–water partition coefficient (Wildman–Crippen LogP) is 1.87. The van der Waals surface area contributed by atoms with E-state index in [1.54, 1.807) is 0 Å². The molecule has 0 radical (unpaired) electrons. The van der Waals surface area contributed by atoms with Gasteiger partial charge in [-0.3, -0.25) is 9.09 Å². The predicted molar refractivity (Wildman–Crippen MR) is 57.3 cm³/mol. The van der Waals surface area contributed by atoms with Crippen molar-refractivity contribution in [3.63, 3.8) is 0 Å². The van der Waals surface area contributed by atoms with Gasteiger partial charge in [0.25, 0.3) is 0 Å². The fourth-order valence-corrected chi connectivity index (χ4v) is 1.20. The summed E-state index contributed by atoms with van der Waals surface area (Å²) in [4.78, 5) is 8.10. The van der Waals surface area contributed by atoms with Crippen molar-refractivity contribution in [3.8, 4) is 0 Å². The molecule has 0 aliphatic rings. The minimum atomic E-state index is -2.77. The van der Waals surface area contributed by atoms with Crippen LogP contribution in [0.4, 0.5) is 0 Å². The van der Waals surface area contributed by atoms with Crippen LogP contribution in [0.3, 0.4) is 0 Å². The Bertz CT molecular complexity index is 111. The summed E-state index contributed by atoms with van der Waals surface area (Å²) in [5.41, 5.74) is 0. The van der Waals surface area contributed by atoms with Gasteiger partial charge in [0.1, 0.15) is 5.94 Å². The quantitative estimate of drug-likeness (QED) is 0.414. The second-order valence-corrected chi connectivity index (χ2v) is 4.03. The standard InChI is InChI=1S/C4H10.C3H9O4PS/c1-3-4-2;4-1-2-9-3-7-8(5)6/h3-4H2,1-2H3;4,8H,1-3H2,(H,5,6). The molecule has 0 aliphatic carbocycles. The number of aliphatic hydroxyl groups excluding tert-OH is 1. The van der Waals surface area contributed by atoms with Crippen LogP contribution in [-0.4, -0.2) is 28.3 Å². The molecule has 0 aromatic heterocycles. The van der Waals surface area contributed by atoms with Crippen LogP contribution in [0.2, 0.25) is 0 Å². The summed E-state index contributed by atoms with van der Waals surface area (Å²) in [6, 6.07) is 0. The molecule has 0 fully saturated rings. The molecule has 82 valence electrons. The van der Waals surface area contributed by atoms with E-state index in [0.29, 0.717) is 5.75 Å². The fourth-order valence-electron chi connectivity index (χ4n) is 0.216. The van der Waals surface area contributed by atoms with Crippen molar-refractivity contribution in [3.05, 3.63) is 0 Å². The SMILES string of the molecule is CCCC.O=[PH](O)OCSCCO. The fraction of sp³-hybridized carbons (Fsp3) is 1.00. The van der Waals surface area contributed by atoms with Gasteiger partial charge in [-0.25, -0.2) is 0 Å². The Hall–Kier alpha value is 0.460. The number of hydrogen-bond donors (Lipinski definition) is 2. The molecule has 0 heterocycles. The van der Waals surface area contributed by atoms with Crippen molar-refractivity contribution in [2.45, 2.75) is 26.7 Å². The molecular weight excluding hydrogens is 211 g/mol. The van der Waals surface area contributed by atoms with Crippen molar-refractivity contribution in [2.24, 2.45) is 0 Å². The lowest BCUT2D eigenvalue weighted by Crippen LogP contribution is -1.88. The van der Waals surface area contributed by atoms with Gasteiger partial charge in [0, 0.05) is 5.75 Å². The average Bonchev–Trinajstić information content (AvgIpc) is 2.13. The van der Waals surface area contributed by atoms with Gasteiger partial charge < -0.3 is 10.00 Å². The molecule has 0 spiro atoms. The maximum atomic E-state index is 9.85. The summed E-state index contributed by atoms with van der Waals surface area (Å²) < 4.78 is 14.1. The van der Waals surface area contributed by atoms with E-state index in [1.165, 1.54) is 24.6 Å². The second-order valence-electron chi connectivity index (χ2n) is 2.16.